The van der Waals surface area contributed by atoms with Gasteiger partial charge in [0.25, 0.3) is 5.91 Å². The first-order valence-electron chi connectivity index (χ1n) is 7.13. The molecule has 0 aliphatic rings. The third-order valence-corrected chi connectivity index (χ3v) is 3.41. The number of benzene rings is 1. The second-order valence-electron chi connectivity index (χ2n) is 4.98. The van der Waals surface area contributed by atoms with Crippen LogP contribution in [0.5, 0.6) is 0 Å². The molecule has 1 aromatic heterocycles. The van der Waals surface area contributed by atoms with Crippen molar-refractivity contribution in [3.63, 3.8) is 0 Å². The van der Waals surface area contributed by atoms with E-state index in [9.17, 15) is 10.1 Å². The monoisotopic (exact) mass is 297 g/mol. The van der Waals surface area contributed by atoms with Crippen LogP contribution in [-0.4, -0.2) is 31.2 Å². The number of rotatable bonds is 6. The number of para-hydroxylation sites is 1. The van der Waals surface area contributed by atoms with Crippen molar-refractivity contribution in [1.82, 2.24) is 10.3 Å². The molecule has 1 heterocycles. The zero-order valence-corrected chi connectivity index (χ0v) is 12.8. The number of methoxy groups -OCH3 is 1. The van der Waals surface area contributed by atoms with Crippen LogP contribution in [0.15, 0.2) is 29.8 Å². The van der Waals surface area contributed by atoms with Gasteiger partial charge in [0.2, 0.25) is 0 Å². The van der Waals surface area contributed by atoms with Crippen molar-refractivity contribution in [2.45, 2.75) is 13.3 Å². The second-order valence-corrected chi connectivity index (χ2v) is 4.98. The summed E-state index contributed by atoms with van der Waals surface area (Å²) in [6, 6.07) is 9.79. The Morgan fingerprint density at radius 2 is 2.23 bits per heavy atom. The van der Waals surface area contributed by atoms with Crippen molar-refractivity contribution < 1.29 is 9.53 Å². The summed E-state index contributed by atoms with van der Waals surface area (Å²) in [5.74, 6) is -0.358. The van der Waals surface area contributed by atoms with E-state index in [1.807, 2.05) is 37.3 Å². The van der Waals surface area contributed by atoms with Crippen LogP contribution in [0.4, 0.5) is 0 Å². The summed E-state index contributed by atoms with van der Waals surface area (Å²) in [5, 5.41) is 13.0. The molecule has 0 aliphatic carbocycles. The van der Waals surface area contributed by atoms with Crippen molar-refractivity contribution in [3.8, 4) is 6.07 Å². The molecule has 0 saturated heterocycles. The summed E-state index contributed by atoms with van der Waals surface area (Å²) < 4.78 is 4.92. The van der Waals surface area contributed by atoms with Gasteiger partial charge < -0.3 is 15.0 Å². The van der Waals surface area contributed by atoms with Gasteiger partial charge in [0, 0.05) is 42.4 Å². The van der Waals surface area contributed by atoms with E-state index in [1.54, 1.807) is 13.2 Å². The van der Waals surface area contributed by atoms with Crippen LogP contribution in [0.1, 0.15) is 17.7 Å². The fraction of sp³-hybridized carbons (Fsp3) is 0.294. The topological polar surface area (TPSA) is 77.9 Å². The van der Waals surface area contributed by atoms with Gasteiger partial charge in [0.15, 0.2) is 0 Å². The molecule has 2 N–H and O–H groups in total. The number of aromatic amines is 1. The highest BCUT2D eigenvalue weighted by molar-refractivity contribution is 6.04. The first-order valence-corrected chi connectivity index (χ1v) is 7.13. The first kappa shape index (κ1) is 15.8. The van der Waals surface area contributed by atoms with Crippen molar-refractivity contribution >= 4 is 22.9 Å². The molecule has 0 bridgehead atoms. The highest BCUT2D eigenvalue weighted by atomic mass is 16.5. The predicted molar refractivity (Wildman–Crippen MR) is 86.1 cm³/mol. The number of nitriles is 1. The van der Waals surface area contributed by atoms with Gasteiger partial charge >= 0.3 is 0 Å². The van der Waals surface area contributed by atoms with Crippen LogP contribution in [0.25, 0.3) is 17.0 Å². The summed E-state index contributed by atoms with van der Waals surface area (Å²) in [6.07, 6.45) is 2.35. The molecule has 1 amide bonds. The number of amides is 1. The zero-order valence-electron chi connectivity index (χ0n) is 12.8. The van der Waals surface area contributed by atoms with E-state index in [4.69, 9.17) is 4.74 Å². The Bertz CT molecular complexity index is 738. The predicted octanol–water partition coefficient (Wildman–Crippen LogP) is 2.54. The third-order valence-electron chi connectivity index (χ3n) is 3.41. The zero-order chi connectivity index (χ0) is 15.9. The fourth-order valence-electron chi connectivity index (χ4n) is 2.29. The first-order chi connectivity index (χ1) is 10.7. The number of aromatic nitrogens is 1. The number of ether oxygens (including phenoxy) is 1. The van der Waals surface area contributed by atoms with Crippen LogP contribution in [0.2, 0.25) is 0 Å². The largest absolute Gasteiger partial charge is 0.385 e. The van der Waals surface area contributed by atoms with Crippen LogP contribution in [-0.2, 0) is 9.53 Å². The van der Waals surface area contributed by atoms with E-state index in [-0.39, 0.29) is 11.5 Å². The molecule has 0 unspecified atom stereocenters. The lowest BCUT2D eigenvalue weighted by Crippen LogP contribution is -2.26. The number of carbonyl (C=O) groups is 1. The summed E-state index contributed by atoms with van der Waals surface area (Å²) in [6.45, 7) is 2.99. The lowest BCUT2D eigenvalue weighted by molar-refractivity contribution is -0.117. The fourth-order valence-corrected chi connectivity index (χ4v) is 2.29. The maximum Gasteiger partial charge on any atom is 0.261 e. The highest BCUT2D eigenvalue weighted by Gasteiger charge is 2.12. The van der Waals surface area contributed by atoms with E-state index in [1.165, 1.54) is 0 Å². The van der Waals surface area contributed by atoms with Gasteiger partial charge in [-0.3, -0.25) is 4.79 Å². The third kappa shape index (κ3) is 3.54. The molecule has 0 atom stereocenters. The van der Waals surface area contributed by atoms with Crippen molar-refractivity contribution in [2.24, 2.45) is 0 Å². The van der Waals surface area contributed by atoms with Gasteiger partial charge in [-0.05, 0) is 25.5 Å². The van der Waals surface area contributed by atoms with Crippen molar-refractivity contribution in [1.29, 1.82) is 5.26 Å². The molecule has 0 spiro atoms. The van der Waals surface area contributed by atoms with Crippen molar-refractivity contribution in [3.05, 3.63) is 41.1 Å². The summed E-state index contributed by atoms with van der Waals surface area (Å²) >= 11 is 0. The Labute approximate surface area is 129 Å². The smallest absolute Gasteiger partial charge is 0.261 e. The molecule has 0 aliphatic heterocycles. The average Bonchev–Trinajstić information content (AvgIpc) is 2.84. The Kier molecular flexibility index (Phi) is 5.34. The Morgan fingerprint density at radius 3 is 2.95 bits per heavy atom. The van der Waals surface area contributed by atoms with Gasteiger partial charge in [0.1, 0.15) is 11.6 Å². The second kappa shape index (κ2) is 7.43. The van der Waals surface area contributed by atoms with Gasteiger partial charge in [-0.2, -0.15) is 5.26 Å². The maximum atomic E-state index is 12.1. The van der Waals surface area contributed by atoms with Gasteiger partial charge in [-0.1, -0.05) is 18.2 Å². The van der Waals surface area contributed by atoms with E-state index < -0.39 is 0 Å². The van der Waals surface area contributed by atoms with E-state index in [0.717, 1.165) is 22.2 Å². The number of hydrogen-bond donors (Lipinski definition) is 2. The number of carbonyl (C=O) groups excluding carboxylic acids is 1. The molecular formula is C17H19N3O2. The minimum atomic E-state index is -0.358. The lowest BCUT2D eigenvalue weighted by atomic mass is 10.1. The van der Waals surface area contributed by atoms with Gasteiger partial charge in [0.05, 0.1) is 0 Å². The SMILES string of the molecule is COCCCNC(=O)/C(C#N)=C/c1c(C)[nH]c2ccccc12. The number of H-pyrrole nitrogens is 1. The van der Waals surface area contributed by atoms with Crippen molar-refractivity contribution in [2.75, 3.05) is 20.3 Å². The van der Waals surface area contributed by atoms with Crippen LogP contribution in [0, 0.1) is 18.3 Å². The molecule has 0 radical (unpaired) electrons. The Morgan fingerprint density at radius 1 is 1.45 bits per heavy atom. The summed E-state index contributed by atoms with van der Waals surface area (Å²) in [5.41, 5.74) is 2.90. The lowest BCUT2D eigenvalue weighted by Gasteiger charge is -2.03. The molecule has 5 heteroatoms. The number of nitrogens with zero attached hydrogens (tertiary/aromatic N) is 1. The number of fused-ring (bicyclic) bond motifs is 1. The normalized spacial score (nSPS) is 11.4. The maximum absolute atomic E-state index is 12.1. The molecule has 1 aromatic carbocycles. The molecule has 0 fully saturated rings. The number of nitrogens with one attached hydrogen (secondary N) is 2. The van der Waals surface area contributed by atoms with E-state index >= 15 is 0 Å². The Hall–Kier alpha value is -2.58. The van der Waals surface area contributed by atoms with Gasteiger partial charge in [-0.25, -0.2) is 0 Å². The van der Waals surface area contributed by atoms with E-state index in [2.05, 4.69) is 10.3 Å². The number of hydrogen-bond acceptors (Lipinski definition) is 3. The van der Waals surface area contributed by atoms with Crippen LogP contribution < -0.4 is 5.32 Å². The number of aryl methyl sites for hydroxylation is 1. The minimum absolute atomic E-state index is 0.102. The molecule has 22 heavy (non-hydrogen) atoms. The molecule has 0 saturated carbocycles. The average molecular weight is 297 g/mol. The molecule has 114 valence electrons. The van der Waals surface area contributed by atoms with Crippen LogP contribution >= 0.6 is 0 Å². The standard InChI is InChI=1S/C17H19N3O2/c1-12-15(14-6-3-4-7-16(14)20-12)10-13(11-18)17(21)19-8-5-9-22-2/h3-4,6-7,10,20H,5,8-9H2,1-2H3,(H,19,21)/b13-10+. The summed E-state index contributed by atoms with van der Waals surface area (Å²) in [4.78, 5) is 15.3. The quantitative estimate of drug-likeness (QED) is 0.488. The molecular weight excluding hydrogens is 278 g/mol. The summed E-state index contributed by atoms with van der Waals surface area (Å²) in [7, 11) is 1.61. The Balaban J connectivity index is 2.22. The van der Waals surface area contributed by atoms with Gasteiger partial charge in [-0.15, -0.1) is 0 Å². The van der Waals surface area contributed by atoms with Crippen LogP contribution in [0.3, 0.4) is 0 Å². The molecule has 2 aromatic rings. The molecule has 2 rings (SSSR count). The van der Waals surface area contributed by atoms with E-state index in [0.29, 0.717) is 19.6 Å². The highest BCUT2D eigenvalue weighted by Crippen LogP contribution is 2.24. The minimum Gasteiger partial charge on any atom is -0.385 e. The molecule has 5 nitrogen and oxygen atoms in total.